The molecule has 1 aromatic heterocycles. The fourth-order valence-corrected chi connectivity index (χ4v) is 2.34. The highest BCUT2D eigenvalue weighted by molar-refractivity contribution is 6.09. The SMILES string of the molecule is O=C(CC1(O)C(=O)Nc2ccc(F)cc21)c1ccccn1. The van der Waals surface area contributed by atoms with E-state index >= 15 is 0 Å². The number of Topliss-reactive ketones (excluding diaryl/α,β-unsaturated/α-hetero) is 1. The van der Waals surface area contributed by atoms with Gasteiger partial charge in [0.1, 0.15) is 11.5 Å². The van der Waals surface area contributed by atoms with E-state index in [2.05, 4.69) is 10.3 Å². The maximum atomic E-state index is 13.3. The molecule has 2 N–H and O–H groups in total. The van der Waals surface area contributed by atoms with E-state index in [0.717, 1.165) is 6.07 Å². The Balaban J connectivity index is 1.97. The van der Waals surface area contributed by atoms with Gasteiger partial charge in [0, 0.05) is 17.4 Å². The molecule has 2 heterocycles. The van der Waals surface area contributed by atoms with Crippen LogP contribution in [0.2, 0.25) is 0 Å². The Labute approximate surface area is 119 Å². The summed E-state index contributed by atoms with van der Waals surface area (Å²) in [5.41, 5.74) is -1.57. The topological polar surface area (TPSA) is 79.3 Å². The molecule has 1 unspecified atom stereocenters. The summed E-state index contributed by atoms with van der Waals surface area (Å²) in [4.78, 5) is 28.0. The van der Waals surface area contributed by atoms with Gasteiger partial charge in [0.2, 0.25) is 0 Å². The number of nitrogens with one attached hydrogen (secondary N) is 1. The molecule has 0 saturated carbocycles. The van der Waals surface area contributed by atoms with Crippen molar-refractivity contribution >= 4 is 17.4 Å². The average Bonchev–Trinajstić information content (AvgIpc) is 2.72. The molecular formula is C15H11FN2O3. The molecule has 1 amide bonds. The van der Waals surface area contributed by atoms with E-state index in [1.165, 1.54) is 24.4 Å². The first-order chi connectivity index (χ1) is 10.0. The van der Waals surface area contributed by atoms with E-state index in [1.54, 1.807) is 12.1 Å². The van der Waals surface area contributed by atoms with Crippen LogP contribution in [0.5, 0.6) is 0 Å². The van der Waals surface area contributed by atoms with Crippen molar-refractivity contribution in [1.82, 2.24) is 4.98 Å². The van der Waals surface area contributed by atoms with E-state index in [-0.39, 0.29) is 11.3 Å². The van der Waals surface area contributed by atoms with Crippen LogP contribution < -0.4 is 5.32 Å². The normalized spacial score (nSPS) is 20.0. The molecule has 0 aliphatic carbocycles. The predicted molar refractivity (Wildman–Crippen MR) is 72.1 cm³/mol. The highest BCUT2D eigenvalue weighted by Gasteiger charge is 2.47. The molecule has 0 bridgehead atoms. The minimum absolute atomic E-state index is 0.0665. The van der Waals surface area contributed by atoms with Crippen molar-refractivity contribution in [3.05, 3.63) is 59.7 Å². The minimum atomic E-state index is -2.08. The summed E-state index contributed by atoms with van der Waals surface area (Å²) in [5.74, 6) is -1.83. The Kier molecular flexibility index (Phi) is 3.03. The average molecular weight is 286 g/mol. The van der Waals surface area contributed by atoms with Gasteiger partial charge in [-0.05, 0) is 30.3 Å². The van der Waals surface area contributed by atoms with Crippen LogP contribution in [-0.4, -0.2) is 21.8 Å². The molecule has 0 saturated heterocycles. The highest BCUT2D eigenvalue weighted by atomic mass is 19.1. The third kappa shape index (κ3) is 2.19. The molecule has 3 rings (SSSR count). The second-order valence-corrected chi connectivity index (χ2v) is 4.82. The summed E-state index contributed by atoms with van der Waals surface area (Å²) in [7, 11) is 0. The van der Waals surface area contributed by atoms with E-state index in [4.69, 9.17) is 0 Å². The summed E-state index contributed by atoms with van der Waals surface area (Å²) < 4.78 is 13.3. The molecule has 21 heavy (non-hydrogen) atoms. The number of anilines is 1. The molecule has 1 aliphatic rings. The number of carbonyl (C=O) groups is 2. The van der Waals surface area contributed by atoms with Crippen molar-refractivity contribution in [2.75, 3.05) is 5.32 Å². The number of nitrogens with zero attached hydrogens (tertiary/aromatic N) is 1. The third-order valence-electron chi connectivity index (χ3n) is 3.42. The Morgan fingerprint density at radius 3 is 2.86 bits per heavy atom. The Morgan fingerprint density at radius 1 is 1.33 bits per heavy atom. The van der Waals surface area contributed by atoms with Gasteiger partial charge in [-0.3, -0.25) is 14.6 Å². The van der Waals surface area contributed by atoms with E-state index in [1.807, 2.05) is 0 Å². The second kappa shape index (κ2) is 4.75. The standard InChI is InChI=1S/C15H11FN2O3/c16-9-4-5-11-10(7-9)15(21,14(20)18-11)8-13(19)12-3-1-2-6-17-12/h1-7,21H,8H2,(H,18,20). The van der Waals surface area contributed by atoms with Crippen molar-refractivity contribution in [2.24, 2.45) is 0 Å². The van der Waals surface area contributed by atoms with Crippen LogP contribution in [0, 0.1) is 5.82 Å². The van der Waals surface area contributed by atoms with Gasteiger partial charge in [0.15, 0.2) is 11.4 Å². The van der Waals surface area contributed by atoms with E-state index in [0.29, 0.717) is 5.69 Å². The van der Waals surface area contributed by atoms with E-state index in [9.17, 15) is 19.1 Å². The lowest BCUT2D eigenvalue weighted by Crippen LogP contribution is -2.36. The monoisotopic (exact) mass is 286 g/mol. The quantitative estimate of drug-likeness (QED) is 0.841. The first-order valence-corrected chi connectivity index (χ1v) is 6.29. The molecule has 0 radical (unpaired) electrons. The van der Waals surface area contributed by atoms with Crippen molar-refractivity contribution in [1.29, 1.82) is 0 Å². The van der Waals surface area contributed by atoms with Crippen LogP contribution >= 0.6 is 0 Å². The van der Waals surface area contributed by atoms with Crippen LogP contribution in [0.3, 0.4) is 0 Å². The van der Waals surface area contributed by atoms with Crippen molar-refractivity contribution in [3.63, 3.8) is 0 Å². The van der Waals surface area contributed by atoms with Crippen LogP contribution in [-0.2, 0) is 10.4 Å². The molecule has 2 aromatic rings. The zero-order chi connectivity index (χ0) is 15.0. The molecule has 1 aromatic carbocycles. The lowest BCUT2D eigenvalue weighted by Gasteiger charge is -2.19. The molecule has 6 heteroatoms. The first kappa shape index (κ1) is 13.4. The molecule has 0 fully saturated rings. The zero-order valence-corrected chi connectivity index (χ0v) is 10.8. The number of hydrogen-bond donors (Lipinski definition) is 2. The van der Waals surface area contributed by atoms with Crippen LogP contribution in [0.25, 0.3) is 0 Å². The van der Waals surface area contributed by atoms with Gasteiger partial charge >= 0.3 is 0 Å². The van der Waals surface area contributed by atoms with Gasteiger partial charge in [-0.1, -0.05) is 6.07 Å². The number of pyridine rings is 1. The summed E-state index contributed by atoms with van der Waals surface area (Å²) >= 11 is 0. The molecule has 106 valence electrons. The molecule has 0 spiro atoms. The van der Waals surface area contributed by atoms with Gasteiger partial charge in [0.05, 0.1) is 6.42 Å². The lowest BCUT2D eigenvalue weighted by molar-refractivity contribution is -0.133. The van der Waals surface area contributed by atoms with Crippen LogP contribution in [0.1, 0.15) is 22.5 Å². The minimum Gasteiger partial charge on any atom is -0.375 e. The summed E-state index contributed by atoms with van der Waals surface area (Å²) in [6, 6.07) is 8.35. The summed E-state index contributed by atoms with van der Waals surface area (Å²) in [6.07, 6.45) is 0.950. The Hall–Kier alpha value is -2.60. The molecule has 5 nitrogen and oxygen atoms in total. The number of fused-ring (bicyclic) bond motifs is 1. The summed E-state index contributed by atoms with van der Waals surface area (Å²) in [6.45, 7) is 0. The number of amides is 1. The van der Waals surface area contributed by atoms with Gasteiger partial charge in [0.25, 0.3) is 5.91 Å². The van der Waals surface area contributed by atoms with Crippen molar-refractivity contribution < 1.29 is 19.1 Å². The molecule has 1 aliphatic heterocycles. The highest BCUT2D eigenvalue weighted by Crippen LogP contribution is 2.39. The van der Waals surface area contributed by atoms with Gasteiger partial charge in [-0.2, -0.15) is 0 Å². The lowest BCUT2D eigenvalue weighted by atomic mass is 9.89. The maximum Gasteiger partial charge on any atom is 0.261 e. The molecule has 1 atom stereocenters. The van der Waals surface area contributed by atoms with Crippen LogP contribution in [0.4, 0.5) is 10.1 Å². The maximum absolute atomic E-state index is 13.3. The smallest absolute Gasteiger partial charge is 0.261 e. The Bertz CT molecular complexity index is 733. The third-order valence-corrected chi connectivity index (χ3v) is 3.42. The summed E-state index contributed by atoms with van der Waals surface area (Å²) in [5, 5.41) is 13.0. The fourth-order valence-electron chi connectivity index (χ4n) is 2.34. The van der Waals surface area contributed by atoms with Gasteiger partial charge in [-0.25, -0.2) is 4.39 Å². The molecular weight excluding hydrogens is 275 g/mol. The predicted octanol–water partition coefficient (Wildman–Crippen LogP) is 1.63. The number of ketones is 1. The van der Waals surface area contributed by atoms with E-state index < -0.39 is 29.5 Å². The van der Waals surface area contributed by atoms with Crippen LogP contribution in [0.15, 0.2) is 42.6 Å². The largest absolute Gasteiger partial charge is 0.375 e. The first-order valence-electron chi connectivity index (χ1n) is 6.29. The number of halogens is 1. The second-order valence-electron chi connectivity index (χ2n) is 4.82. The number of aliphatic hydroxyl groups is 1. The van der Waals surface area contributed by atoms with Gasteiger partial charge < -0.3 is 10.4 Å². The number of rotatable bonds is 3. The van der Waals surface area contributed by atoms with Crippen molar-refractivity contribution in [2.45, 2.75) is 12.0 Å². The number of aromatic nitrogens is 1. The van der Waals surface area contributed by atoms with Gasteiger partial charge in [-0.15, -0.1) is 0 Å². The zero-order valence-electron chi connectivity index (χ0n) is 10.8. The number of benzene rings is 1. The van der Waals surface area contributed by atoms with Crippen molar-refractivity contribution in [3.8, 4) is 0 Å². The fraction of sp³-hybridized carbons (Fsp3) is 0.133. The number of carbonyl (C=O) groups excluding carboxylic acids is 2. The number of hydrogen-bond acceptors (Lipinski definition) is 4. The Morgan fingerprint density at radius 2 is 2.14 bits per heavy atom.